The number of aryl methyl sites for hydroxylation is 3. The highest BCUT2D eigenvalue weighted by atomic mass is 35.5. The number of rotatable bonds is 7. The van der Waals surface area contributed by atoms with Gasteiger partial charge in [-0.1, -0.05) is 48.0 Å². The zero-order valence-electron chi connectivity index (χ0n) is 18.6. The maximum absolute atomic E-state index is 13.4. The number of pyridine rings is 1. The molecule has 5 nitrogen and oxygen atoms in total. The van der Waals surface area contributed by atoms with E-state index >= 15 is 0 Å². The second-order valence-corrected chi connectivity index (χ2v) is 8.39. The Hall–Kier alpha value is -3.57. The molecule has 0 aliphatic heterocycles. The molecular weight excluding hydrogens is 436 g/mol. The number of amides is 1. The topological polar surface area (TPSA) is 60.3 Å². The summed E-state index contributed by atoms with van der Waals surface area (Å²) in [4.78, 5) is 26.3. The third-order valence-corrected chi connectivity index (χ3v) is 6.07. The van der Waals surface area contributed by atoms with Crippen molar-refractivity contribution < 1.29 is 9.53 Å². The van der Waals surface area contributed by atoms with Gasteiger partial charge in [0.25, 0.3) is 5.56 Å². The zero-order valence-corrected chi connectivity index (χ0v) is 19.4. The van der Waals surface area contributed by atoms with Gasteiger partial charge in [0.15, 0.2) is 0 Å². The van der Waals surface area contributed by atoms with E-state index in [1.165, 1.54) is 4.57 Å². The van der Waals surface area contributed by atoms with Crippen LogP contribution in [0, 0.1) is 6.92 Å². The summed E-state index contributed by atoms with van der Waals surface area (Å²) in [6.45, 7) is 1.78. The van der Waals surface area contributed by atoms with Crippen molar-refractivity contribution in [3.05, 3.63) is 105 Å². The second-order valence-electron chi connectivity index (χ2n) is 7.98. The van der Waals surface area contributed by atoms with Crippen molar-refractivity contribution in [1.82, 2.24) is 4.57 Å². The van der Waals surface area contributed by atoms with E-state index in [9.17, 15) is 9.59 Å². The van der Waals surface area contributed by atoms with Gasteiger partial charge < -0.3 is 10.1 Å². The minimum absolute atomic E-state index is 0.118. The van der Waals surface area contributed by atoms with E-state index in [-0.39, 0.29) is 18.0 Å². The molecule has 1 heterocycles. The molecule has 0 saturated carbocycles. The third kappa shape index (κ3) is 5.26. The summed E-state index contributed by atoms with van der Waals surface area (Å²) in [5.74, 6) is 0.319. The molecule has 3 aromatic carbocycles. The van der Waals surface area contributed by atoms with Crippen molar-refractivity contribution >= 4 is 34.1 Å². The molecule has 0 aliphatic rings. The van der Waals surface area contributed by atoms with E-state index in [0.717, 1.165) is 22.9 Å². The second kappa shape index (κ2) is 9.92. The maximum Gasteiger partial charge on any atom is 0.254 e. The fraction of sp³-hybridized carbons (Fsp3) is 0.185. The van der Waals surface area contributed by atoms with Gasteiger partial charge in [-0.15, -0.1) is 0 Å². The van der Waals surface area contributed by atoms with Crippen LogP contribution in [0.25, 0.3) is 10.9 Å². The Morgan fingerprint density at radius 1 is 1.00 bits per heavy atom. The average molecular weight is 461 g/mol. The highest BCUT2D eigenvalue weighted by Gasteiger charge is 2.14. The fourth-order valence-electron chi connectivity index (χ4n) is 3.81. The van der Waals surface area contributed by atoms with Crippen LogP contribution < -0.4 is 15.6 Å². The highest BCUT2D eigenvalue weighted by molar-refractivity contribution is 6.31. The van der Waals surface area contributed by atoms with E-state index in [2.05, 4.69) is 5.32 Å². The number of nitrogens with one attached hydrogen (secondary N) is 1. The molecule has 4 aromatic rings. The van der Waals surface area contributed by atoms with Gasteiger partial charge in [-0.05, 0) is 66.6 Å². The summed E-state index contributed by atoms with van der Waals surface area (Å²) in [7, 11) is 1.58. The molecule has 0 unspecified atom stereocenters. The van der Waals surface area contributed by atoms with Crippen molar-refractivity contribution in [2.24, 2.45) is 0 Å². The molecule has 0 spiro atoms. The molecule has 0 fully saturated rings. The number of aromatic nitrogens is 1. The van der Waals surface area contributed by atoms with Gasteiger partial charge in [-0.2, -0.15) is 0 Å². The lowest BCUT2D eigenvalue weighted by molar-refractivity contribution is -0.116. The first-order valence-electron chi connectivity index (χ1n) is 10.7. The molecule has 0 aliphatic carbocycles. The largest absolute Gasteiger partial charge is 0.497 e. The number of carbonyl (C=O) groups is 1. The predicted octanol–water partition coefficient (Wildman–Crippen LogP) is 5.40. The number of halogens is 1. The van der Waals surface area contributed by atoms with Gasteiger partial charge in [0.05, 0.1) is 12.6 Å². The Morgan fingerprint density at radius 3 is 2.52 bits per heavy atom. The Bertz CT molecular complexity index is 1360. The monoisotopic (exact) mass is 460 g/mol. The summed E-state index contributed by atoms with van der Waals surface area (Å²) in [6, 6.07) is 22.8. The van der Waals surface area contributed by atoms with Crippen molar-refractivity contribution in [1.29, 1.82) is 0 Å². The van der Waals surface area contributed by atoms with Crippen molar-refractivity contribution in [2.45, 2.75) is 26.3 Å². The lowest BCUT2D eigenvalue weighted by atomic mass is 10.0. The van der Waals surface area contributed by atoms with Gasteiger partial charge >= 0.3 is 0 Å². The number of benzene rings is 3. The number of ether oxygens (including phenoxy) is 1. The molecule has 0 bridgehead atoms. The molecule has 0 saturated heterocycles. The van der Waals surface area contributed by atoms with Crippen LogP contribution >= 0.6 is 11.6 Å². The smallest absolute Gasteiger partial charge is 0.254 e. The first-order valence-corrected chi connectivity index (χ1v) is 11.1. The van der Waals surface area contributed by atoms with E-state index in [4.69, 9.17) is 16.3 Å². The molecule has 1 N–H and O–H groups in total. The van der Waals surface area contributed by atoms with Gasteiger partial charge in [-0.25, -0.2) is 0 Å². The Kier molecular flexibility index (Phi) is 6.80. The number of anilines is 1. The van der Waals surface area contributed by atoms with Gasteiger partial charge in [0.2, 0.25) is 5.91 Å². The molecular formula is C27H25ClN2O3. The van der Waals surface area contributed by atoms with Gasteiger partial charge in [0, 0.05) is 22.3 Å². The number of methoxy groups -OCH3 is 1. The number of fused-ring (bicyclic) bond motifs is 1. The van der Waals surface area contributed by atoms with Crippen LogP contribution in [0.2, 0.25) is 5.02 Å². The number of hydrogen-bond acceptors (Lipinski definition) is 3. The Morgan fingerprint density at radius 2 is 1.79 bits per heavy atom. The lowest BCUT2D eigenvalue weighted by Crippen LogP contribution is -2.30. The van der Waals surface area contributed by atoms with Gasteiger partial charge in [-0.3, -0.25) is 14.2 Å². The molecule has 1 aromatic heterocycles. The Labute approximate surface area is 197 Å². The van der Waals surface area contributed by atoms with Crippen molar-refractivity contribution in [3.63, 3.8) is 0 Å². The molecule has 1 amide bonds. The summed E-state index contributed by atoms with van der Waals surface area (Å²) in [5.41, 5.74) is 3.82. The van der Waals surface area contributed by atoms with Crippen LogP contribution in [0.5, 0.6) is 5.75 Å². The van der Waals surface area contributed by atoms with Crippen LogP contribution in [-0.4, -0.2) is 17.6 Å². The zero-order chi connectivity index (χ0) is 23.4. The summed E-state index contributed by atoms with van der Waals surface area (Å²) in [6.07, 6.45) is 1.33. The molecule has 168 valence electrons. The lowest BCUT2D eigenvalue weighted by Gasteiger charge is -2.14. The van der Waals surface area contributed by atoms with E-state index in [0.29, 0.717) is 34.0 Å². The van der Waals surface area contributed by atoms with Crippen LogP contribution in [0.3, 0.4) is 0 Å². The number of nitrogens with zero attached hydrogens (tertiary/aromatic N) is 1. The van der Waals surface area contributed by atoms with E-state index in [1.54, 1.807) is 25.3 Å². The van der Waals surface area contributed by atoms with Crippen LogP contribution in [0.4, 0.5) is 5.69 Å². The molecule has 0 radical (unpaired) electrons. The molecule has 6 heteroatoms. The average Bonchev–Trinajstić information content (AvgIpc) is 2.82. The molecule has 4 rings (SSSR count). The van der Waals surface area contributed by atoms with Crippen LogP contribution in [0.1, 0.15) is 16.7 Å². The number of hydrogen-bond donors (Lipinski definition) is 1. The van der Waals surface area contributed by atoms with E-state index < -0.39 is 0 Å². The normalized spacial score (nSPS) is 10.9. The summed E-state index contributed by atoms with van der Waals surface area (Å²) < 4.78 is 6.86. The quantitative estimate of drug-likeness (QED) is 0.402. The first kappa shape index (κ1) is 22.6. The summed E-state index contributed by atoms with van der Waals surface area (Å²) in [5, 5.41) is 4.29. The highest BCUT2D eigenvalue weighted by Crippen LogP contribution is 2.22. The standard InChI is InChI=1S/C27H25ClN2O3/c1-18-8-12-22(15-24(18)28)29-26(31)17-30-25-16-23(33-2)13-11-20(25)14-21(27(30)32)10-9-19-6-4-3-5-7-19/h3-8,11-16H,9-10,17H2,1-2H3,(H,29,31). The SMILES string of the molecule is COc1ccc2cc(CCc3ccccc3)c(=O)n(CC(=O)Nc3ccc(C)c(Cl)c3)c2c1. The maximum atomic E-state index is 13.4. The first-order chi connectivity index (χ1) is 15.9. The summed E-state index contributed by atoms with van der Waals surface area (Å²) >= 11 is 6.18. The molecule has 0 atom stereocenters. The minimum atomic E-state index is -0.304. The molecule has 33 heavy (non-hydrogen) atoms. The van der Waals surface area contributed by atoms with Gasteiger partial charge in [0.1, 0.15) is 12.3 Å². The minimum Gasteiger partial charge on any atom is -0.497 e. The predicted molar refractivity (Wildman–Crippen MR) is 133 cm³/mol. The van der Waals surface area contributed by atoms with E-state index in [1.807, 2.05) is 61.5 Å². The van der Waals surface area contributed by atoms with Crippen molar-refractivity contribution in [2.75, 3.05) is 12.4 Å². The van der Waals surface area contributed by atoms with Crippen molar-refractivity contribution in [3.8, 4) is 5.75 Å². The third-order valence-electron chi connectivity index (χ3n) is 5.66. The number of carbonyl (C=O) groups excluding carboxylic acids is 1. The Balaban J connectivity index is 1.67. The fourth-order valence-corrected chi connectivity index (χ4v) is 3.99. The van der Waals surface area contributed by atoms with Crippen LogP contribution in [-0.2, 0) is 24.2 Å². The van der Waals surface area contributed by atoms with Crippen LogP contribution in [0.15, 0.2) is 77.6 Å².